The van der Waals surface area contributed by atoms with E-state index in [1.807, 2.05) is 47.5 Å². The molecule has 3 aromatic carbocycles. The third kappa shape index (κ3) is 3.21. The van der Waals surface area contributed by atoms with Gasteiger partial charge >= 0.3 is 0 Å². The maximum atomic E-state index is 6.36. The van der Waals surface area contributed by atoms with Crippen LogP contribution in [0.5, 0.6) is 0 Å². The van der Waals surface area contributed by atoms with Gasteiger partial charge in [0.15, 0.2) is 0 Å². The Morgan fingerprint density at radius 2 is 1.36 bits per heavy atom. The molecule has 0 aliphatic carbocycles. The summed E-state index contributed by atoms with van der Waals surface area (Å²) in [5.74, 6) is 0. The Labute approximate surface area is 149 Å². The molecule has 1 saturated heterocycles. The summed E-state index contributed by atoms with van der Waals surface area (Å²) in [6.07, 6.45) is 0.847. The van der Waals surface area contributed by atoms with Crippen molar-refractivity contribution >= 4 is 11.3 Å². The summed E-state index contributed by atoms with van der Waals surface area (Å²) in [5, 5.41) is 2.04. The molecule has 1 aliphatic heterocycles. The van der Waals surface area contributed by atoms with E-state index in [0.29, 0.717) is 0 Å². The third-order valence-corrected chi connectivity index (χ3v) is 4.69. The van der Waals surface area contributed by atoms with Crippen molar-refractivity contribution in [3.8, 4) is 0 Å². The lowest BCUT2D eigenvalue weighted by Crippen LogP contribution is -2.22. The zero-order valence-corrected chi connectivity index (χ0v) is 14.1. The smallest absolute Gasteiger partial charge is 0.113 e. The summed E-state index contributed by atoms with van der Waals surface area (Å²) in [7, 11) is 0. The van der Waals surface area contributed by atoms with Crippen molar-refractivity contribution in [2.24, 2.45) is 0 Å². The van der Waals surface area contributed by atoms with Crippen LogP contribution in [0.15, 0.2) is 97.6 Å². The molecule has 0 saturated carbocycles. The van der Waals surface area contributed by atoms with Crippen LogP contribution in [-0.4, -0.2) is 6.10 Å². The predicted molar refractivity (Wildman–Crippen MR) is 103 cm³/mol. The number of nitrogens with zero attached hydrogens (tertiary/aromatic N) is 1. The van der Waals surface area contributed by atoms with E-state index in [2.05, 4.69) is 55.1 Å². The van der Waals surface area contributed by atoms with Gasteiger partial charge < -0.3 is 0 Å². The van der Waals surface area contributed by atoms with Crippen molar-refractivity contribution in [1.82, 2.24) is 0 Å². The highest BCUT2D eigenvalue weighted by atomic mass is 16.7. The average Bonchev–Trinajstić information content (AvgIpc) is 3.15. The number of rotatable bonds is 4. The fourth-order valence-electron chi connectivity index (χ4n) is 3.36. The standard InChI is InChI=1S/C23H21NO/c1-18(19-11-5-2-6-12-19)23-17-22(20-13-7-3-8-14-20)24(25-23)21-15-9-4-10-16-21/h2-16,22-23H,1,17H2/t22-,23+/m1/s1. The van der Waals surface area contributed by atoms with Gasteiger partial charge in [-0.3, -0.25) is 4.84 Å². The Morgan fingerprint density at radius 3 is 2.00 bits per heavy atom. The lowest BCUT2D eigenvalue weighted by Gasteiger charge is -2.25. The first-order valence-corrected chi connectivity index (χ1v) is 8.63. The number of benzene rings is 3. The molecule has 0 N–H and O–H groups in total. The summed E-state index contributed by atoms with van der Waals surface area (Å²) >= 11 is 0. The van der Waals surface area contributed by atoms with Gasteiger partial charge in [-0.05, 0) is 28.8 Å². The van der Waals surface area contributed by atoms with Gasteiger partial charge in [0, 0.05) is 6.42 Å². The molecular weight excluding hydrogens is 306 g/mol. The van der Waals surface area contributed by atoms with Crippen LogP contribution in [0, 0.1) is 0 Å². The van der Waals surface area contributed by atoms with Crippen LogP contribution in [0.2, 0.25) is 0 Å². The first-order chi connectivity index (χ1) is 12.3. The monoisotopic (exact) mass is 327 g/mol. The summed E-state index contributed by atoms with van der Waals surface area (Å²) in [6, 6.07) is 31.3. The molecule has 0 bridgehead atoms. The molecule has 1 aliphatic rings. The molecule has 0 spiro atoms. The second kappa shape index (κ2) is 6.96. The molecule has 4 rings (SSSR count). The Bertz CT molecular complexity index is 782. The molecule has 2 atom stereocenters. The SMILES string of the molecule is C=C(c1ccccc1)[C@@H]1C[C@H](c2ccccc2)N(c2ccccc2)O1. The van der Waals surface area contributed by atoms with E-state index in [-0.39, 0.29) is 12.1 Å². The summed E-state index contributed by atoms with van der Waals surface area (Å²) in [5.41, 5.74) is 4.49. The normalized spacial score (nSPS) is 19.8. The molecule has 124 valence electrons. The summed E-state index contributed by atoms with van der Waals surface area (Å²) < 4.78 is 0. The van der Waals surface area contributed by atoms with E-state index in [4.69, 9.17) is 4.84 Å². The molecule has 2 heteroatoms. The van der Waals surface area contributed by atoms with Gasteiger partial charge in [0.2, 0.25) is 0 Å². The zero-order chi connectivity index (χ0) is 17.1. The molecule has 0 radical (unpaired) electrons. The van der Waals surface area contributed by atoms with Gasteiger partial charge in [-0.2, -0.15) is 0 Å². The first kappa shape index (κ1) is 15.7. The minimum absolute atomic E-state index is 0.0344. The maximum Gasteiger partial charge on any atom is 0.113 e. The van der Waals surface area contributed by atoms with Crippen molar-refractivity contribution in [3.05, 3.63) is 109 Å². The highest BCUT2D eigenvalue weighted by molar-refractivity contribution is 5.67. The highest BCUT2D eigenvalue weighted by Crippen LogP contribution is 2.41. The number of anilines is 1. The summed E-state index contributed by atoms with van der Waals surface area (Å²) in [4.78, 5) is 6.36. The van der Waals surface area contributed by atoms with Gasteiger partial charge in [-0.25, -0.2) is 5.06 Å². The molecule has 2 nitrogen and oxygen atoms in total. The zero-order valence-electron chi connectivity index (χ0n) is 14.1. The van der Waals surface area contributed by atoms with Crippen molar-refractivity contribution in [2.45, 2.75) is 18.6 Å². The maximum absolute atomic E-state index is 6.36. The molecule has 0 aromatic heterocycles. The quantitative estimate of drug-likeness (QED) is 0.614. The van der Waals surface area contributed by atoms with E-state index in [1.54, 1.807) is 0 Å². The van der Waals surface area contributed by atoms with Crippen molar-refractivity contribution in [2.75, 3.05) is 5.06 Å². The van der Waals surface area contributed by atoms with Crippen LogP contribution < -0.4 is 5.06 Å². The fourth-order valence-corrected chi connectivity index (χ4v) is 3.36. The molecule has 25 heavy (non-hydrogen) atoms. The minimum atomic E-state index is -0.0344. The molecular formula is C23H21NO. The topological polar surface area (TPSA) is 12.5 Å². The van der Waals surface area contributed by atoms with E-state index >= 15 is 0 Å². The molecule has 0 amide bonds. The Morgan fingerprint density at radius 1 is 0.800 bits per heavy atom. The van der Waals surface area contributed by atoms with Crippen LogP contribution in [0.1, 0.15) is 23.6 Å². The first-order valence-electron chi connectivity index (χ1n) is 8.63. The van der Waals surface area contributed by atoms with Gasteiger partial charge in [-0.1, -0.05) is 85.4 Å². The highest BCUT2D eigenvalue weighted by Gasteiger charge is 2.36. The van der Waals surface area contributed by atoms with Crippen molar-refractivity contribution in [1.29, 1.82) is 0 Å². The molecule has 0 unspecified atom stereocenters. The van der Waals surface area contributed by atoms with E-state index in [1.165, 1.54) is 5.56 Å². The fraction of sp³-hybridized carbons (Fsp3) is 0.130. The number of hydroxylamine groups is 1. The van der Waals surface area contributed by atoms with Crippen LogP contribution in [-0.2, 0) is 4.84 Å². The Hall–Kier alpha value is -2.84. The second-order valence-electron chi connectivity index (χ2n) is 6.31. The van der Waals surface area contributed by atoms with Crippen molar-refractivity contribution < 1.29 is 4.84 Å². The third-order valence-electron chi connectivity index (χ3n) is 4.69. The average molecular weight is 327 g/mol. The minimum Gasteiger partial charge on any atom is -0.265 e. The number of hydrogen-bond donors (Lipinski definition) is 0. The van der Waals surface area contributed by atoms with Gasteiger partial charge in [-0.15, -0.1) is 0 Å². The van der Waals surface area contributed by atoms with Gasteiger partial charge in [0.1, 0.15) is 6.10 Å². The predicted octanol–water partition coefficient (Wildman–Crippen LogP) is 5.65. The van der Waals surface area contributed by atoms with E-state index < -0.39 is 0 Å². The van der Waals surface area contributed by atoms with E-state index in [9.17, 15) is 0 Å². The number of para-hydroxylation sites is 1. The van der Waals surface area contributed by atoms with E-state index in [0.717, 1.165) is 23.2 Å². The van der Waals surface area contributed by atoms with Crippen LogP contribution in [0.3, 0.4) is 0 Å². The Kier molecular flexibility index (Phi) is 4.36. The molecule has 1 fully saturated rings. The lowest BCUT2D eigenvalue weighted by molar-refractivity contribution is 0.119. The molecule has 1 heterocycles. The van der Waals surface area contributed by atoms with Crippen LogP contribution in [0.4, 0.5) is 5.69 Å². The van der Waals surface area contributed by atoms with Gasteiger partial charge in [0.05, 0.1) is 11.7 Å². The molecule has 3 aromatic rings. The largest absolute Gasteiger partial charge is 0.265 e. The Balaban J connectivity index is 1.66. The summed E-state index contributed by atoms with van der Waals surface area (Å²) in [6.45, 7) is 4.31. The number of hydrogen-bond acceptors (Lipinski definition) is 2. The second-order valence-corrected chi connectivity index (χ2v) is 6.31. The van der Waals surface area contributed by atoms with Crippen LogP contribution >= 0.6 is 0 Å². The van der Waals surface area contributed by atoms with Gasteiger partial charge in [0.25, 0.3) is 0 Å². The van der Waals surface area contributed by atoms with Crippen LogP contribution in [0.25, 0.3) is 5.57 Å². The van der Waals surface area contributed by atoms with Crippen molar-refractivity contribution in [3.63, 3.8) is 0 Å². The lowest BCUT2D eigenvalue weighted by atomic mass is 9.95.